The van der Waals surface area contributed by atoms with Crippen molar-refractivity contribution in [2.75, 3.05) is 19.5 Å². The van der Waals surface area contributed by atoms with Crippen molar-refractivity contribution in [3.05, 3.63) is 65.9 Å². The van der Waals surface area contributed by atoms with Crippen LogP contribution in [0.5, 0.6) is 11.5 Å². The number of anilines is 1. The molecule has 1 heterocycles. The molecule has 128 valence electrons. The molecule has 7 heteroatoms. The second-order valence-corrected chi connectivity index (χ2v) is 5.18. The normalized spacial score (nSPS) is 10.3. The Morgan fingerprint density at radius 3 is 2.60 bits per heavy atom. The first-order chi connectivity index (χ1) is 12.2. The van der Waals surface area contributed by atoms with Crippen molar-refractivity contribution in [3.63, 3.8) is 0 Å². The molecule has 0 bridgehead atoms. The monoisotopic (exact) mass is 339 g/mol. The molecule has 2 aromatic carbocycles. The minimum Gasteiger partial charge on any atom is -0.497 e. The average Bonchev–Trinajstić information content (AvgIpc) is 3.11. The molecule has 7 nitrogen and oxygen atoms in total. The van der Waals surface area contributed by atoms with Gasteiger partial charge in [-0.1, -0.05) is 30.3 Å². The topological polar surface area (TPSA) is 86.5 Å². The maximum absolute atomic E-state index is 12.3. The molecule has 0 aliphatic carbocycles. The Kier molecular flexibility index (Phi) is 4.94. The molecule has 0 aliphatic rings. The summed E-state index contributed by atoms with van der Waals surface area (Å²) in [5.41, 5.74) is 1.47. The highest BCUT2D eigenvalue weighted by Crippen LogP contribution is 2.29. The van der Waals surface area contributed by atoms with E-state index in [0.717, 1.165) is 5.56 Å². The number of aromatic nitrogens is 2. The number of amides is 1. The lowest BCUT2D eigenvalue weighted by molar-refractivity contribution is 0.0988. The van der Waals surface area contributed by atoms with Crippen LogP contribution in [0.15, 0.2) is 52.9 Å². The van der Waals surface area contributed by atoms with Gasteiger partial charge in [-0.05, 0) is 17.7 Å². The van der Waals surface area contributed by atoms with Gasteiger partial charge in [-0.15, -0.1) is 10.2 Å². The maximum Gasteiger partial charge on any atom is 0.313 e. The van der Waals surface area contributed by atoms with E-state index in [-0.39, 0.29) is 5.89 Å². The van der Waals surface area contributed by atoms with Crippen LogP contribution < -0.4 is 14.8 Å². The number of rotatable bonds is 6. The molecule has 0 fully saturated rings. The predicted octanol–water partition coefficient (Wildman–Crippen LogP) is 2.93. The molecule has 0 aliphatic heterocycles. The number of benzene rings is 2. The van der Waals surface area contributed by atoms with E-state index in [0.29, 0.717) is 29.5 Å². The minimum atomic E-state index is -0.515. The molecule has 0 unspecified atom stereocenters. The molecule has 0 atom stereocenters. The molecule has 0 spiro atoms. The van der Waals surface area contributed by atoms with Crippen molar-refractivity contribution in [2.45, 2.75) is 6.42 Å². The second kappa shape index (κ2) is 7.48. The summed E-state index contributed by atoms with van der Waals surface area (Å²) in [5.74, 6) is 0.827. The zero-order chi connectivity index (χ0) is 17.6. The van der Waals surface area contributed by atoms with Gasteiger partial charge in [0, 0.05) is 6.07 Å². The summed E-state index contributed by atoms with van der Waals surface area (Å²) in [6.07, 6.45) is 0.462. The second-order valence-electron chi connectivity index (χ2n) is 5.18. The predicted molar refractivity (Wildman–Crippen MR) is 91.0 cm³/mol. The number of nitrogens with one attached hydrogen (secondary N) is 1. The van der Waals surface area contributed by atoms with Gasteiger partial charge in [-0.25, -0.2) is 0 Å². The van der Waals surface area contributed by atoms with E-state index in [1.807, 2.05) is 30.3 Å². The fraction of sp³-hybridized carbons (Fsp3) is 0.167. The Hall–Kier alpha value is -3.35. The highest BCUT2D eigenvalue weighted by Gasteiger charge is 2.17. The van der Waals surface area contributed by atoms with E-state index in [2.05, 4.69) is 15.5 Å². The fourth-order valence-corrected chi connectivity index (χ4v) is 2.27. The first-order valence-corrected chi connectivity index (χ1v) is 7.59. The summed E-state index contributed by atoms with van der Waals surface area (Å²) in [6, 6.07) is 14.8. The number of carbonyl (C=O) groups excluding carboxylic acids is 1. The lowest BCUT2D eigenvalue weighted by Crippen LogP contribution is -2.13. The average molecular weight is 339 g/mol. The van der Waals surface area contributed by atoms with Gasteiger partial charge < -0.3 is 19.2 Å². The molecule has 1 amide bonds. The van der Waals surface area contributed by atoms with Crippen molar-refractivity contribution >= 4 is 11.6 Å². The summed E-state index contributed by atoms with van der Waals surface area (Å²) in [4.78, 5) is 12.3. The van der Waals surface area contributed by atoms with Crippen LogP contribution >= 0.6 is 0 Å². The highest BCUT2D eigenvalue weighted by atomic mass is 16.5. The number of nitrogens with zero attached hydrogens (tertiary/aromatic N) is 2. The van der Waals surface area contributed by atoms with Crippen LogP contribution in [0.4, 0.5) is 5.69 Å². The Balaban J connectivity index is 1.74. The van der Waals surface area contributed by atoms with Gasteiger partial charge >= 0.3 is 11.8 Å². The molecule has 0 saturated carbocycles. The quantitative estimate of drug-likeness (QED) is 0.743. The van der Waals surface area contributed by atoms with Crippen molar-refractivity contribution in [3.8, 4) is 11.5 Å². The maximum atomic E-state index is 12.3. The van der Waals surface area contributed by atoms with Crippen LogP contribution in [0.2, 0.25) is 0 Å². The summed E-state index contributed by atoms with van der Waals surface area (Å²) in [5, 5.41) is 10.4. The first kappa shape index (κ1) is 16.5. The zero-order valence-corrected chi connectivity index (χ0v) is 13.9. The minimum absolute atomic E-state index is 0.115. The van der Waals surface area contributed by atoms with E-state index in [1.54, 1.807) is 25.3 Å². The highest BCUT2D eigenvalue weighted by molar-refractivity contribution is 6.01. The van der Waals surface area contributed by atoms with E-state index in [1.165, 1.54) is 7.11 Å². The molecule has 1 aromatic heterocycles. The number of hydrogen-bond donors (Lipinski definition) is 1. The molecular weight excluding hydrogens is 322 g/mol. The largest absolute Gasteiger partial charge is 0.497 e. The van der Waals surface area contributed by atoms with Crippen LogP contribution in [-0.2, 0) is 6.42 Å². The third kappa shape index (κ3) is 3.95. The van der Waals surface area contributed by atoms with Gasteiger partial charge in [0.25, 0.3) is 0 Å². The summed E-state index contributed by atoms with van der Waals surface area (Å²) in [6.45, 7) is 0. The summed E-state index contributed by atoms with van der Waals surface area (Å²) in [7, 11) is 3.06. The van der Waals surface area contributed by atoms with Crippen LogP contribution in [0, 0.1) is 0 Å². The van der Waals surface area contributed by atoms with Gasteiger partial charge in [0.2, 0.25) is 5.89 Å². The summed E-state index contributed by atoms with van der Waals surface area (Å²) < 4.78 is 15.8. The van der Waals surface area contributed by atoms with Crippen LogP contribution in [0.1, 0.15) is 22.1 Å². The summed E-state index contributed by atoms with van der Waals surface area (Å²) >= 11 is 0. The van der Waals surface area contributed by atoms with Crippen molar-refractivity contribution in [1.82, 2.24) is 10.2 Å². The van der Waals surface area contributed by atoms with E-state index in [4.69, 9.17) is 13.9 Å². The molecule has 0 saturated heterocycles. The number of methoxy groups -OCH3 is 2. The van der Waals surface area contributed by atoms with Gasteiger partial charge in [0.05, 0.1) is 26.3 Å². The lowest BCUT2D eigenvalue weighted by Gasteiger charge is -2.10. The molecular formula is C18H17N3O4. The number of ether oxygens (including phenoxy) is 2. The van der Waals surface area contributed by atoms with Gasteiger partial charge in [-0.2, -0.15) is 0 Å². The number of hydrogen-bond acceptors (Lipinski definition) is 6. The van der Waals surface area contributed by atoms with Crippen molar-refractivity contribution in [2.24, 2.45) is 0 Å². The zero-order valence-electron chi connectivity index (χ0n) is 13.9. The smallest absolute Gasteiger partial charge is 0.313 e. The van der Waals surface area contributed by atoms with E-state index >= 15 is 0 Å². The van der Waals surface area contributed by atoms with Crippen LogP contribution in [-0.4, -0.2) is 30.3 Å². The lowest BCUT2D eigenvalue weighted by atomic mass is 10.2. The molecule has 1 N–H and O–H groups in total. The van der Waals surface area contributed by atoms with Gasteiger partial charge in [0.1, 0.15) is 11.5 Å². The molecule has 3 aromatic rings. The fourth-order valence-electron chi connectivity index (χ4n) is 2.27. The Bertz CT molecular complexity index is 862. The SMILES string of the molecule is COc1ccc(OC)c(NC(=O)c2nnc(Cc3ccccc3)o2)c1. The Morgan fingerprint density at radius 2 is 1.88 bits per heavy atom. The van der Waals surface area contributed by atoms with E-state index < -0.39 is 5.91 Å². The van der Waals surface area contributed by atoms with Crippen LogP contribution in [0.25, 0.3) is 0 Å². The van der Waals surface area contributed by atoms with Crippen molar-refractivity contribution in [1.29, 1.82) is 0 Å². The molecule has 25 heavy (non-hydrogen) atoms. The standard InChI is InChI=1S/C18H17N3O4/c1-23-13-8-9-15(24-2)14(11-13)19-17(22)18-21-20-16(25-18)10-12-6-4-3-5-7-12/h3-9,11H,10H2,1-2H3,(H,19,22). The van der Waals surface area contributed by atoms with Gasteiger partial charge in [0.15, 0.2) is 0 Å². The Labute approximate surface area is 144 Å². The van der Waals surface area contributed by atoms with Crippen molar-refractivity contribution < 1.29 is 18.7 Å². The van der Waals surface area contributed by atoms with E-state index in [9.17, 15) is 4.79 Å². The Morgan fingerprint density at radius 1 is 1.08 bits per heavy atom. The third-order valence-electron chi connectivity index (χ3n) is 3.51. The first-order valence-electron chi connectivity index (χ1n) is 7.59. The third-order valence-corrected chi connectivity index (χ3v) is 3.51. The molecule has 3 rings (SSSR count). The van der Waals surface area contributed by atoms with Gasteiger partial charge in [-0.3, -0.25) is 4.79 Å². The number of carbonyl (C=O) groups is 1. The molecule has 0 radical (unpaired) electrons. The van der Waals surface area contributed by atoms with Crippen LogP contribution in [0.3, 0.4) is 0 Å².